The molecular formula is C16H18F3NS. The molecule has 0 fully saturated rings. The highest BCUT2D eigenvalue weighted by molar-refractivity contribution is 7.15. The van der Waals surface area contributed by atoms with Gasteiger partial charge in [0.2, 0.25) is 0 Å². The Hall–Kier alpha value is -1.33. The number of nitrogens with one attached hydrogen (secondary N) is 1. The molecule has 1 aromatic carbocycles. The molecule has 1 heterocycles. The summed E-state index contributed by atoms with van der Waals surface area (Å²) in [6.45, 7) is 2.13. The quantitative estimate of drug-likeness (QED) is 0.769. The molecule has 1 nitrogen and oxygen atoms in total. The summed E-state index contributed by atoms with van der Waals surface area (Å²) < 4.78 is 37.7. The lowest BCUT2D eigenvalue weighted by Gasteiger charge is -2.12. The molecule has 0 aliphatic heterocycles. The first-order valence-electron chi connectivity index (χ1n) is 6.90. The van der Waals surface area contributed by atoms with E-state index < -0.39 is 11.7 Å². The van der Waals surface area contributed by atoms with Crippen LogP contribution < -0.4 is 5.32 Å². The van der Waals surface area contributed by atoms with Crippen LogP contribution in [0, 0.1) is 0 Å². The van der Waals surface area contributed by atoms with Crippen molar-refractivity contribution < 1.29 is 13.2 Å². The fourth-order valence-electron chi connectivity index (χ4n) is 2.24. The molecule has 1 unspecified atom stereocenters. The van der Waals surface area contributed by atoms with E-state index in [-0.39, 0.29) is 0 Å². The molecule has 2 aromatic rings. The molecule has 1 atom stereocenters. The molecule has 0 saturated heterocycles. The van der Waals surface area contributed by atoms with Crippen molar-refractivity contribution >= 4 is 11.3 Å². The second-order valence-corrected chi connectivity index (χ2v) is 6.02. The summed E-state index contributed by atoms with van der Waals surface area (Å²) in [4.78, 5) is 2.21. The minimum absolute atomic E-state index is 0.309. The highest BCUT2D eigenvalue weighted by Gasteiger charge is 2.30. The number of alkyl halides is 3. The zero-order valence-electron chi connectivity index (χ0n) is 12.0. The first-order chi connectivity index (χ1) is 9.95. The van der Waals surface area contributed by atoms with Gasteiger partial charge in [-0.3, -0.25) is 0 Å². The van der Waals surface area contributed by atoms with Gasteiger partial charge < -0.3 is 5.32 Å². The van der Waals surface area contributed by atoms with E-state index in [4.69, 9.17) is 0 Å². The van der Waals surface area contributed by atoms with E-state index in [0.29, 0.717) is 6.04 Å². The summed E-state index contributed by atoms with van der Waals surface area (Å²) in [6, 6.07) is 9.67. The van der Waals surface area contributed by atoms with Gasteiger partial charge in [-0.15, -0.1) is 11.3 Å². The van der Waals surface area contributed by atoms with Gasteiger partial charge in [-0.1, -0.05) is 25.5 Å². The lowest BCUT2D eigenvalue weighted by atomic mass is 10.1. The van der Waals surface area contributed by atoms with E-state index in [1.54, 1.807) is 11.3 Å². The maximum Gasteiger partial charge on any atom is 0.416 e. The van der Waals surface area contributed by atoms with Gasteiger partial charge in [0.1, 0.15) is 0 Å². The molecule has 1 N–H and O–H groups in total. The maximum absolute atomic E-state index is 12.6. The van der Waals surface area contributed by atoms with E-state index in [2.05, 4.69) is 18.3 Å². The summed E-state index contributed by atoms with van der Waals surface area (Å²) in [5.74, 6) is 0. The van der Waals surface area contributed by atoms with Crippen molar-refractivity contribution in [2.24, 2.45) is 0 Å². The van der Waals surface area contributed by atoms with Gasteiger partial charge in [-0.2, -0.15) is 13.2 Å². The topological polar surface area (TPSA) is 12.0 Å². The van der Waals surface area contributed by atoms with E-state index in [1.807, 2.05) is 13.1 Å². The van der Waals surface area contributed by atoms with Gasteiger partial charge in [0, 0.05) is 15.8 Å². The zero-order chi connectivity index (χ0) is 15.5. The van der Waals surface area contributed by atoms with E-state index in [0.717, 1.165) is 35.4 Å². The van der Waals surface area contributed by atoms with Gasteiger partial charge in [-0.25, -0.2) is 0 Å². The number of hydrogen-bond donors (Lipinski definition) is 1. The maximum atomic E-state index is 12.6. The Morgan fingerprint density at radius 2 is 1.76 bits per heavy atom. The van der Waals surface area contributed by atoms with Crippen LogP contribution in [0.2, 0.25) is 0 Å². The highest BCUT2D eigenvalue weighted by Crippen LogP contribution is 2.35. The minimum atomic E-state index is -4.28. The molecule has 0 spiro atoms. The molecule has 21 heavy (non-hydrogen) atoms. The smallest absolute Gasteiger partial charge is 0.312 e. The second-order valence-electron chi connectivity index (χ2n) is 4.91. The standard InChI is InChI=1S/C16H18F3NS/c1-3-4-13(20-2)15-10-9-14(21-15)11-5-7-12(8-6-11)16(17,18)19/h5-10,13,20H,3-4H2,1-2H3. The highest BCUT2D eigenvalue weighted by atomic mass is 32.1. The Morgan fingerprint density at radius 3 is 2.29 bits per heavy atom. The third-order valence-corrected chi connectivity index (χ3v) is 4.64. The molecule has 0 radical (unpaired) electrons. The van der Waals surface area contributed by atoms with Gasteiger partial charge in [0.15, 0.2) is 0 Å². The normalized spacial score (nSPS) is 13.4. The van der Waals surface area contributed by atoms with E-state index >= 15 is 0 Å². The van der Waals surface area contributed by atoms with Crippen LogP contribution in [0.1, 0.15) is 36.2 Å². The third-order valence-electron chi connectivity index (χ3n) is 3.39. The van der Waals surface area contributed by atoms with Crippen molar-refractivity contribution in [2.45, 2.75) is 32.0 Å². The molecule has 0 aliphatic rings. The first kappa shape index (κ1) is 16.0. The predicted octanol–water partition coefficient (Wildman–Crippen LogP) is 5.49. The van der Waals surface area contributed by atoms with E-state index in [1.165, 1.54) is 17.0 Å². The van der Waals surface area contributed by atoms with Crippen molar-refractivity contribution in [3.05, 3.63) is 46.8 Å². The van der Waals surface area contributed by atoms with Crippen molar-refractivity contribution in [3.63, 3.8) is 0 Å². The van der Waals surface area contributed by atoms with Gasteiger partial charge in [0.05, 0.1) is 5.56 Å². The van der Waals surface area contributed by atoms with Gasteiger partial charge in [0.25, 0.3) is 0 Å². The molecule has 2 rings (SSSR count). The summed E-state index contributed by atoms with van der Waals surface area (Å²) >= 11 is 1.63. The Kier molecular flexibility index (Phi) is 5.06. The number of rotatable bonds is 5. The zero-order valence-corrected chi connectivity index (χ0v) is 12.8. The SMILES string of the molecule is CCCC(NC)c1ccc(-c2ccc(C(F)(F)F)cc2)s1. The van der Waals surface area contributed by atoms with E-state index in [9.17, 15) is 13.2 Å². The number of halogens is 3. The number of benzene rings is 1. The van der Waals surface area contributed by atoms with Gasteiger partial charge >= 0.3 is 6.18 Å². The Morgan fingerprint density at radius 1 is 1.10 bits per heavy atom. The van der Waals surface area contributed by atoms with Gasteiger partial charge in [-0.05, 0) is 43.3 Å². The number of hydrogen-bond acceptors (Lipinski definition) is 2. The Labute approximate surface area is 126 Å². The fourth-order valence-corrected chi connectivity index (χ4v) is 3.39. The average molecular weight is 313 g/mol. The van der Waals surface area contributed by atoms with Crippen LogP contribution in [0.15, 0.2) is 36.4 Å². The molecule has 0 amide bonds. The summed E-state index contributed by atoms with van der Waals surface area (Å²) in [5, 5.41) is 3.27. The monoisotopic (exact) mass is 313 g/mol. The lowest BCUT2D eigenvalue weighted by molar-refractivity contribution is -0.137. The lowest BCUT2D eigenvalue weighted by Crippen LogP contribution is -2.14. The summed E-state index contributed by atoms with van der Waals surface area (Å²) in [7, 11) is 1.93. The largest absolute Gasteiger partial charge is 0.416 e. The minimum Gasteiger partial charge on any atom is -0.312 e. The van der Waals surface area contributed by atoms with Crippen LogP contribution in [0.3, 0.4) is 0 Å². The molecular weight excluding hydrogens is 295 g/mol. The van der Waals surface area contributed by atoms with Crippen molar-refractivity contribution in [1.82, 2.24) is 5.32 Å². The van der Waals surface area contributed by atoms with Crippen molar-refractivity contribution in [3.8, 4) is 10.4 Å². The molecule has 114 valence electrons. The van der Waals surface area contributed by atoms with Crippen LogP contribution in [0.4, 0.5) is 13.2 Å². The molecule has 0 aliphatic carbocycles. The summed E-state index contributed by atoms with van der Waals surface area (Å²) in [5.41, 5.74) is 0.215. The predicted molar refractivity (Wildman–Crippen MR) is 81.5 cm³/mol. The van der Waals surface area contributed by atoms with Crippen molar-refractivity contribution in [1.29, 1.82) is 0 Å². The average Bonchev–Trinajstić information content (AvgIpc) is 2.93. The molecule has 1 aromatic heterocycles. The number of thiophene rings is 1. The third kappa shape index (κ3) is 3.86. The molecule has 0 saturated carbocycles. The first-order valence-corrected chi connectivity index (χ1v) is 7.72. The fraction of sp³-hybridized carbons (Fsp3) is 0.375. The Bertz CT molecular complexity index is 572. The van der Waals surface area contributed by atoms with Crippen LogP contribution in [-0.4, -0.2) is 7.05 Å². The van der Waals surface area contributed by atoms with Crippen LogP contribution in [-0.2, 0) is 6.18 Å². The summed E-state index contributed by atoms with van der Waals surface area (Å²) in [6.07, 6.45) is -2.15. The molecule has 0 bridgehead atoms. The molecule has 5 heteroatoms. The second kappa shape index (κ2) is 6.62. The Balaban J connectivity index is 2.21. The van der Waals surface area contributed by atoms with Crippen molar-refractivity contribution in [2.75, 3.05) is 7.05 Å². The van der Waals surface area contributed by atoms with Crippen LogP contribution in [0.25, 0.3) is 10.4 Å². The van der Waals surface area contributed by atoms with Crippen LogP contribution >= 0.6 is 11.3 Å². The van der Waals surface area contributed by atoms with Crippen LogP contribution in [0.5, 0.6) is 0 Å².